The highest BCUT2D eigenvalue weighted by Crippen LogP contribution is 2.16. The first kappa shape index (κ1) is 21.9. The smallest absolute Gasteiger partial charge is 0.303 e. The first-order chi connectivity index (χ1) is 11.0. The van der Waals surface area contributed by atoms with Crippen LogP contribution in [0.3, 0.4) is 0 Å². The lowest BCUT2D eigenvalue weighted by Crippen LogP contribution is -2.02. The third kappa shape index (κ3) is 15.6. The van der Waals surface area contributed by atoms with Crippen LogP contribution in [0.5, 0.6) is 0 Å². The summed E-state index contributed by atoms with van der Waals surface area (Å²) >= 11 is 0. The minimum Gasteiger partial charge on any atom is -0.481 e. The fraction of sp³-hybridized carbons (Fsp3) is 0.762. The molecular weight excluding hydrogens is 284 g/mol. The summed E-state index contributed by atoms with van der Waals surface area (Å²) in [5.41, 5.74) is 2.69. The zero-order valence-electron chi connectivity index (χ0n) is 15.9. The first-order valence-electron chi connectivity index (χ1n) is 9.50. The Kier molecular flexibility index (Phi) is 13.9. The molecule has 0 saturated heterocycles. The molecule has 0 aromatic rings. The van der Waals surface area contributed by atoms with Gasteiger partial charge in [0.15, 0.2) is 0 Å². The molecular formula is C21H38O2. The zero-order valence-corrected chi connectivity index (χ0v) is 15.9. The van der Waals surface area contributed by atoms with Crippen molar-refractivity contribution in [2.75, 3.05) is 0 Å². The van der Waals surface area contributed by atoms with E-state index in [2.05, 4.69) is 32.9 Å². The Morgan fingerprint density at radius 3 is 2.09 bits per heavy atom. The second kappa shape index (κ2) is 14.5. The van der Waals surface area contributed by atoms with Gasteiger partial charge in [0, 0.05) is 0 Å². The maximum Gasteiger partial charge on any atom is 0.303 e. The van der Waals surface area contributed by atoms with Gasteiger partial charge in [-0.15, -0.1) is 0 Å². The van der Waals surface area contributed by atoms with Crippen LogP contribution in [0.2, 0.25) is 0 Å². The Hall–Kier alpha value is -1.05. The van der Waals surface area contributed by atoms with Crippen LogP contribution in [0, 0.1) is 5.92 Å². The highest BCUT2D eigenvalue weighted by Gasteiger charge is 2.05. The molecule has 0 aromatic carbocycles. The molecule has 1 N–H and O–H groups in total. The average molecular weight is 323 g/mol. The maximum atomic E-state index is 10.7. The van der Waals surface area contributed by atoms with Crippen LogP contribution in [-0.4, -0.2) is 11.1 Å². The normalized spacial score (nSPS) is 14.1. The number of unbranched alkanes of at least 4 members (excludes halogenated alkanes) is 8. The lowest BCUT2D eigenvalue weighted by atomic mass is 9.99. The number of rotatable bonds is 14. The summed E-state index contributed by atoms with van der Waals surface area (Å²) in [4.78, 5) is 10.7. The van der Waals surface area contributed by atoms with Gasteiger partial charge in [-0.2, -0.15) is 0 Å². The third-order valence-electron chi connectivity index (χ3n) is 4.17. The fourth-order valence-corrected chi connectivity index (χ4v) is 3.02. The Morgan fingerprint density at radius 1 is 0.957 bits per heavy atom. The van der Waals surface area contributed by atoms with Crippen LogP contribution in [0.1, 0.15) is 98.3 Å². The summed E-state index contributed by atoms with van der Waals surface area (Å²) in [6.45, 7) is 8.52. The molecule has 134 valence electrons. The maximum absolute atomic E-state index is 10.7. The first-order valence-corrected chi connectivity index (χ1v) is 9.50. The largest absolute Gasteiger partial charge is 0.481 e. The summed E-state index contributed by atoms with van der Waals surface area (Å²) in [7, 11) is 0. The Labute approximate surface area is 144 Å². The van der Waals surface area contributed by atoms with E-state index in [0.29, 0.717) is 0 Å². The summed E-state index contributed by atoms with van der Waals surface area (Å²) in [6.07, 6.45) is 17.8. The van der Waals surface area contributed by atoms with Gasteiger partial charge in [-0.25, -0.2) is 0 Å². The molecule has 23 heavy (non-hydrogen) atoms. The van der Waals surface area contributed by atoms with Crippen molar-refractivity contribution >= 4 is 5.97 Å². The van der Waals surface area contributed by atoms with Gasteiger partial charge in [-0.1, -0.05) is 82.1 Å². The summed E-state index contributed by atoms with van der Waals surface area (Å²) in [5, 5.41) is 8.79. The highest BCUT2D eigenvalue weighted by atomic mass is 16.4. The van der Waals surface area contributed by atoms with E-state index in [0.717, 1.165) is 6.42 Å². The number of hydrogen-bond donors (Lipinski definition) is 1. The summed E-state index contributed by atoms with van der Waals surface area (Å²) in [6, 6.07) is 0. The van der Waals surface area contributed by atoms with Crippen molar-refractivity contribution in [3.05, 3.63) is 23.3 Å². The topological polar surface area (TPSA) is 37.3 Å². The van der Waals surface area contributed by atoms with Crippen molar-refractivity contribution in [2.45, 2.75) is 98.3 Å². The van der Waals surface area contributed by atoms with Gasteiger partial charge in [-0.05, 0) is 39.0 Å². The number of allylic oxidation sites excluding steroid dienone is 4. The molecule has 0 aliphatic carbocycles. The van der Waals surface area contributed by atoms with Gasteiger partial charge in [0.1, 0.15) is 0 Å². The van der Waals surface area contributed by atoms with E-state index in [1.54, 1.807) is 0 Å². The van der Waals surface area contributed by atoms with E-state index in [1.807, 2.05) is 6.92 Å². The number of hydrogen-bond acceptors (Lipinski definition) is 1. The standard InChI is InChI=1S/C21H38O2/c1-5-6-7-8-9-10-11-12-13-14-18(2)15-19(3)16-20(4)17-21(22)23/h14,16,20H,5-13,15,17H2,1-4H3,(H,22,23)/b18-14-,19-16+/t20-/m1/s1. The monoisotopic (exact) mass is 322 g/mol. The summed E-state index contributed by atoms with van der Waals surface area (Å²) < 4.78 is 0. The quantitative estimate of drug-likeness (QED) is 0.278. The SMILES string of the molecule is CCCCCCCCCC/C=C(/C)C/C(C)=C/[C@@H](C)CC(=O)O. The van der Waals surface area contributed by atoms with Gasteiger partial charge < -0.3 is 5.11 Å². The second-order valence-corrected chi connectivity index (χ2v) is 7.08. The Bertz CT molecular complexity index is 366. The zero-order chi connectivity index (χ0) is 17.5. The van der Waals surface area contributed by atoms with Crippen molar-refractivity contribution in [1.29, 1.82) is 0 Å². The molecule has 0 radical (unpaired) electrons. The van der Waals surface area contributed by atoms with E-state index in [9.17, 15) is 4.79 Å². The third-order valence-corrected chi connectivity index (χ3v) is 4.17. The van der Waals surface area contributed by atoms with Crippen LogP contribution in [0.25, 0.3) is 0 Å². The molecule has 0 rings (SSSR count). The van der Waals surface area contributed by atoms with Crippen LogP contribution in [0.4, 0.5) is 0 Å². The van der Waals surface area contributed by atoms with Gasteiger partial charge in [0.25, 0.3) is 0 Å². The average Bonchev–Trinajstić information content (AvgIpc) is 2.44. The molecule has 1 atom stereocenters. The van der Waals surface area contributed by atoms with Crippen molar-refractivity contribution in [3.8, 4) is 0 Å². The summed E-state index contributed by atoms with van der Waals surface area (Å²) in [5.74, 6) is -0.600. The molecule has 0 heterocycles. The van der Waals surface area contributed by atoms with E-state index in [4.69, 9.17) is 5.11 Å². The molecule has 0 amide bonds. The van der Waals surface area contributed by atoms with Crippen LogP contribution in [0.15, 0.2) is 23.3 Å². The number of carboxylic acids is 1. The molecule has 0 aliphatic heterocycles. The predicted octanol–water partition coefficient (Wildman–Crippen LogP) is 6.91. The minimum absolute atomic E-state index is 0.119. The molecule has 0 aromatic heterocycles. The number of aliphatic carboxylic acids is 1. The van der Waals surface area contributed by atoms with Gasteiger partial charge in [0.05, 0.1) is 6.42 Å². The van der Waals surface area contributed by atoms with E-state index in [-0.39, 0.29) is 12.3 Å². The molecule has 2 nitrogen and oxygen atoms in total. The fourth-order valence-electron chi connectivity index (χ4n) is 3.02. The van der Waals surface area contributed by atoms with Crippen LogP contribution < -0.4 is 0 Å². The lowest BCUT2D eigenvalue weighted by molar-refractivity contribution is -0.137. The number of carbonyl (C=O) groups is 1. The predicted molar refractivity (Wildman–Crippen MR) is 101 cm³/mol. The van der Waals surface area contributed by atoms with E-state index < -0.39 is 5.97 Å². The molecule has 0 saturated carbocycles. The Morgan fingerprint density at radius 2 is 1.52 bits per heavy atom. The molecule has 0 unspecified atom stereocenters. The van der Waals surface area contributed by atoms with Gasteiger partial charge in [-0.3, -0.25) is 4.79 Å². The van der Waals surface area contributed by atoms with Gasteiger partial charge in [0.2, 0.25) is 0 Å². The van der Waals surface area contributed by atoms with E-state index in [1.165, 1.54) is 68.9 Å². The van der Waals surface area contributed by atoms with Crippen molar-refractivity contribution in [2.24, 2.45) is 5.92 Å². The van der Waals surface area contributed by atoms with Gasteiger partial charge >= 0.3 is 5.97 Å². The van der Waals surface area contributed by atoms with Crippen LogP contribution >= 0.6 is 0 Å². The number of carboxylic acid groups (broad SMARTS) is 1. The molecule has 0 fully saturated rings. The van der Waals surface area contributed by atoms with Crippen molar-refractivity contribution in [3.63, 3.8) is 0 Å². The van der Waals surface area contributed by atoms with E-state index >= 15 is 0 Å². The van der Waals surface area contributed by atoms with Crippen molar-refractivity contribution < 1.29 is 9.90 Å². The lowest BCUT2D eigenvalue weighted by Gasteiger charge is -2.07. The highest BCUT2D eigenvalue weighted by molar-refractivity contribution is 5.67. The second-order valence-electron chi connectivity index (χ2n) is 7.08. The molecule has 0 spiro atoms. The minimum atomic E-state index is -0.719. The van der Waals surface area contributed by atoms with Crippen LogP contribution in [-0.2, 0) is 4.79 Å². The molecule has 0 bridgehead atoms. The van der Waals surface area contributed by atoms with Crippen molar-refractivity contribution in [1.82, 2.24) is 0 Å². The Balaban J connectivity index is 3.77. The molecule has 0 aliphatic rings. The molecule has 2 heteroatoms.